The fourth-order valence-corrected chi connectivity index (χ4v) is 2.28. The molecule has 0 unspecified atom stereocenters. The number of hydrogen-bond acceptors (Lipinski definition) is 4. The second-order valence-electron chi connectivity index (χ2n) is 4.58. The molecule has 1 aliphatic heterocycles. The number of benzene rings is 1. The summed E-state index contributed by atoms with van der Waals surface area (Å²) in [6, 6.07) is 11.8. The van der Waals surface area contributed by atoms with E-state index in [0.717, 1.165) is 31.6 Å². The van der Waals surface area contributed by atoms with Crippen LogP contribution in [0.2, 0.25) is 0 Å². The number of rotatable bonds is 3. The minimum atomic E-state index is 0.0762. The standard InChI is InChI=1S/C15H16N4/c16-9-12(10-17)11-19-15-3-1-2-14(8-15)13-4-6-18-7-5-13/h1-3,8,11,13,18-19H,4-7H2. The Morgan fingerprint density at radius 2 is 2.00 bits per heavy atom. The molecule has 0 aromatic heterocycles. The van der Waals surface area contributed by atoms with E-state index in [1.165, 1.54) is 11.8 Å². The average molecular weight is 252 g/mol. The summed E-state index contributed by atoms with van der Waals surface area (Å²) in [6.45, 7) is 2.13. The van der Waals surface area contributed by atoms with Crippen molar-refractivity contribution in [3.8, 4) is 12.1 Å². The average Bonchev–Trinajstić information content (AvgIpc) is 2.49. The minimum absolute atomic E-state index is 0.0762. The van der Waals surface area contributed by atoms with Crippen LogP contribution >= 0.6 is 0 Å². The second-order valence-corrected chi connectivity index (χ2v) is 4.58. The maximum atomic E-state index is 8.67. The molecule has 1 fully saturated rings. The largest absolute Gasteiger partial charge is 0.360 e. The van der Waals surface area contributed by atoms with Crippen molar-refractivity contribution >= 4 is 5.69 Å². The van der Waals surface area contributed by atoms with Crippen LogP contribution in [0, 0.1) is 22.7 Å². The van der Waals surface area contributed by atoms with Crippen molar-refractivity contribution in [2.75, 3.05) is 18.4 Å². The van der Waals surface area contributed by atoms with Gasteiger partial charge in [0.2, 0.25) is 0 Å². The molecule has 0 saturated carbocycles. The fraction of sp³-hybridized carbons (Fsp3) is 0.333. The zero-order chi connectivity index (χ0) is 13.5. The van der Waals surface area contributed by atoms with Crippen LogP contribution in [0.1, 0.15) is 24.3 Å². The predicted octanol–water partition coefficient (Wildman–Crippen LogP) is 2.50. The summed E-state index contributed by atoms with van der Waals surface area (Å²) < 4.78 is 0. The van der Waals surface area contributed by atoms with E-state index in [-0.39, 0.29) is 5.57 Å². The topological polar surface area (TPSA) is 71.6 Å². The summed E-state index contributed by atoms with van der Waals surface area (Å²) >= 11 is 0. The Hall–Kier alpha value is -2.30. The predicted molar refractivity (Wildman–Crippen MR) is 74.2 cm³/mol. The number of nitrogens with zero attached hydrogens (tertiary/aromatic N) is 2. The van der Waals surface area contributed by atoms with E-state index in [9.17, 15) is 0 Å². The van der Waals surface area contributed by atoms with Gasteiger partial charge in [0.15, 0.2) is 0 Å². The molecule has 1 aromatic carbocycles. The molecule has 96 valence electrons. The molecule has 1 aromatic rings. The van der Waals surface area contributed by atoms with E-state index in [2.05, 4.69) is 22.8 Å². The van der Waals surface area contributed by atoms with Crippen LogP contribution in [0.15, 0.2) is 36.0 Å². The summed E-state index contributed by atoms with van der Waals surface area (Å²) in [6.07, 6.45) is 3.75. The highest BCUT2D eigenvalue weighted by Crippen LogP contribution is 2.27. The van der Waals surface area contributed by atoms with Gasteiger partial charge in [0, 0.05) is 11.9 Å². The van der Waals surface area contributed by atoms with Gasteiger partial charge in [0.25, 0.3) is 0 Å². The molecular formula is C15H16N4. The third kappa shape index (κ3) is 3.58. The first-order valence-corrected chi connectivity index (χ1v) is 6.41. The van der Waals surface area contributed by atoms with E-state index < -0.39 is 0 Å². The van der Waals surface area contributed by atoms with Crippen molar-refractivity contribution in [2.45, 2.75) is 18.8 Å². The van der Waals surface area contributed by atoms with Gasteiger partial charge >= 0.3 is 0 Å². The molecule has 2 rings (SSSR count). The summed E-state index contributed by atoms with van der Waals surface area (Å²) in [4.78, 5) is 0. The molecule has 0 atom stereocenters. The first-order chi connectivity index (χ1) is 9.33. The van der Waals surface area contributed by atoms with Crippen LogP contribution in [0.4, 0.5) is 5.69 Å². The van der Waals surface area contributed by atoms with Crippen LogP contribution < -0.4 is 10.6 Å². The minimum Gasteiger partial charge on any atom is -0.360 e. The van der Waals surface area contributed by atoms with E-state index in [1.54, 1.807) is 0 Å². The van der Waals surface area contributed by atoms with Crippen LogP contribution in [0.25, 0.3) is 0 Å². The highest BCUT2D eigenvalue weighted by molar-refractivity contribution is 5.51. The quantitative estimate of drug-likeness (QED) is 0.811. The summed E-state index contributed by atoms with van der Waals surface area (Å²) in [7, 11) is 0. The zero-order valence-corrected chi connectivity index (χ0v) is 10.7. The normalized spacial score (nSPS) is 15.1. The Balaban J connectivity index is 2.09. The van der Waals surface area contributed by atoms with Crippen LogP contribution in [0.5, 0.6) is 0 Å². The smallest absolute Gasteiger partial charge is 0.145 e. The van der Waals surface area contributed by atoms with Gasteiger partial charge in [-0.15, -0.1) is 0 Å². The maximum Gasteiger partial charge on any atom is 0.145 e. The molecule has 2 N–H and O–H groups in total. The van der Waals surface area contributed by atoms with Crippen LogP contribution in [-0.2, 0) is 0 Å². The molecule has 1 aliphatic rings. The third-order valence-corrected chi connectivity index (χ3v) is 3.32. The van der Waals surface area contributed by atoms with Gasteiger partial charge in [0.1, 0.15) is 17.7 Å². The van der Waals surface area contributed by atoms with Gasteiger partial charge < -0.3 is 10.6 Å². The van der Waals surface area contributed by atoms with Crippen molar-refractivity contribution in [3.05, 3.63) is 41.6 Å². The van der Waals surface area contributed by atoms with Crippen molar-refractivity contribution in [3.63, 3.8) is 0 Å². The molecule has 0 spiro atoms. The molecule has 19 heavy (non-hydrogen) atoms. The highest BCUT2D eigenvalue weighted by Gasteiger charge is 2.14. The Morgan fingerprint density at radius 1 is 1.26 bits per heavy atom. The van der Waals surface area contributed by atoms with Crippen LogP contribution in [0.3, 0.4) is 0 Å². The number of hydrogen-bond donors (Lipinski definition) is 2. The molecule has 4 heteroatoms. The maximum absolute atomic E-state index is 8.67. The first-order valence-electron chi connectivity index (χ1n) is 6.41. The molecule has 0 radical (unpaired) electrons. The lowest BCUT2D eigenvalue weighted by atomic mass is 9.90. The number of allylic oxidation sites excluding steroid dienone is 1. The van der Waals surface area contributed by atoms with Gasteiger partial charge in [-0.2, -0.15) is 10.5 Å². The number of nitriles is 2. The zero-order valence-electron chi connectivity index (χ0n) is 10.7. The highest BCUT2D eigenvalue weighted by atomic mass is 14.9. The van der Waals surface area contributed by atoms with Gasteiger partial charge in [-0.25, -0.2) is 0 Å². The number of nitrogens with one attached hydrogen (secondary N) is 2. The summed E-state index contributed by atoms with van der Waals surface area (Å²) in [5, 5.41) is 23.7. The first kappa shape index (κ1) is 13.1. The van der Waals surface area contributed by atoms with Gasteiger partial charge in [-0.05, 0) is 49.5 Å². The number of anilines is 1. The second kappa shape index (κ2) is 6.58. The van der Waals surface area contributed by atoms with E-state index >= 15 is 0 Å². The molecule has 1 saturated heterocycles. The fourth-order valence-electron chi connectivity index (χ4n) is 2.28. The Morgan fingerprint density at radius 3 is 2.68 bits per heavy atom. The summed E-state index contributed by atoms with van der Waals surface area (Å²) in [5.41, 5.74) is 2.31. The van der Waals surface area contributed by atoms with Gasteiger partial charge in [0.05, 0.1) is 0 Å². The van der Waals surface area contributed by atoms with E-state index in [4.69, 9.17) is 10.5 Å². The SMILES string of the molecule is N#CC(C#N)=CNc1cccc(C2CCNCC2)c1. The molecular weight excluding hydrogens is 236 g/mol. The van der Waals surface area contributed by atoms with Crippen molar-refractivity contribution in [1.29, 1.82) is 10.5 Å². The van der Waals surface area contributed by atoms with Crippen molar-refractivity contribution < 1.29 is 0 Å². The van der Waals surface area contributed by atoms with Crippen LogP contribution in [-0.4, -0.2) is 13.1 Å². The van der Waals surface area contributed by atoms with E-state index in [1.807, 2.05) is 24.3 Å². The van der Waals surface area contributed by atoms with Crippen molar-refractivity contribution in [2.24, 2.45) is 0 Å². The molecule has 0 aliphatic carbocycles. The molecule has 0 amide bonds. The van der Waals surface area contributed by atoms with Gasteiger partial charge in [-0.3, -0.25) is 0 Å². The monoisotopic (exact) mass is 252 g/mol. The Bertz CT molecular complexity index is 526. The van der Waals surface area contributed by atoms with Gasteiger partial charge in [-0.1, -0.05) is 12.1 Å². The lowest BCUT2D eigenvalue weighted by Gasteiger charge is -2.23. The Kier molecular flexibility index (Phi) is 4.55. The van der Waals surface area contributed by atoms with Crippen molar-refractivity contribution in [1.82, 2.24) is 5.32 Å². The Labute approximate surface area is 113 Å². The lowest BCUT2D eigenvalue weighted by Crippen LogP contribution is -2.26. The molecule has 0 bridgehead atoms. The lowest BCUT2D eigenvalue weighted by molar-refractivity contribution is 0.460. The third-order valence-electron chi connectivity index (χ3n) is 3.32. The molecule has 4 nitrogen and oxygen atoms in total. The summed E-state index contributed by atoms with van der Waals surface area (Å²) in [5.74, 6) is 0.596. The van der Waals surface area contributed by atoms with E-state index in [0.29, 0.717) is 5.92 Å². The number of piperidine rings is 1. The molecule has 1 heterocycles.